The van der Waals surface area contributed by atoms with Crippen molar-refractivity contribution in [3.05, 3.63) is 24.2 Å². The molecular weight excluding hydrogens is 278 g/mol. The van der Waals surface area contributed by atoms with Crippen LogP contribution in [-0.2, 0) is 16.4 Å². The molecule has 0 atom stereocenters. The summed E-state index contributed by atoms with van der Waals surface area (Å²) < 4.78 is 28.3. The molecule has 0 unspecified atom stereocenters. The van der Waals surface area contributed by atoms with Crippen molar-refractivity contribution in [3.8, 4) is 0 Å². The molecule has 1 aromatic rings. The van der Waals surface area contributed by atoms with Crippen LogP contribution in [0.1, 0.15) is 25.0 Å². The molecule has 1 heterocycles. The second-order valence-electron chi connectivity index (χ2n) is 5.17. The van der Waals surface area contributed by atoms with E-state index >= 15 is 0 Å². The van der Waals surface area contributed by atoms with Crippen LogP contribution in [0.4, 0.5) is 0 Å². The summed E-state index contributed by atoms with van der Waals surface area (Å²) in [7, 11) is -1.40. The molecule has 0 saturated heterocycles. The predicted octanol–water partition coefficient (Wildman–Crippen LogP) is 0.912. The standard InChI is InChI=1S/C13H21N3O3S/c1-14-12(15-9-11-5-3-8-19-11)16-10-13(6-4-7-13)20(2,17)18/h3,5,8H,4,6-7,9-10H2,1-2H3,(H2,14,15,16). The quantitative estimate of drug-likeness (QED) is 0.624. The largest absolute Gasteiger partial charge is 0.467 e. The van der Waals surface area contributed by atoms with E-state index in [-0.39, 0.29) is 0 Å². The van der Waals surface area contributed by atoms with Crippen LogP contribution in [0.5, 0.6) is 0 Å². The van der Waals surface area contributed by atoms with E-state index in [0.717, 1.165) is 12.2 Å². The summed E-state index contributed by atoms with van der Waals surface area (Å²) in [6, 6.07) is 3.68. The Morgan fingerprint density at radius 3 is 2.65 bits per heavy atom. The fourth-order valence-corrected chi connectivity index (χ4v) is 3.66. The van der Waals surface area contributed by atoms with Gasteiger partial charge in [0.05, 0.1) is 17.6 Å². The zero-order chi connectivity index (χ0) is 14.6. The first-order chi connectivity index (χ1) is 9.47. The summed E-state index contributed by atoms with van der Waals surface area (Å²) in [5.41, 5.74) is 0. The molecule has 112 valence electrons. The molecular formula is C13H21N3O3S. The molecule has 1 aliphatic rings. The zero-order valence-electron chi connectivity index (χ0n) is 11.8. The summed E-state index contributed by atoms with van der Waals surface area (Å²) in [5, 5.41) is 6.19. The lowest BCUT2D eigenvalue weighted by Gasteiger charge is -2.40. The van der Waals surface area contributed by atoms with Crippen molar-refractivity contribution in [2.45, 2.75) is 30.6 Å². The Morgan fingerprint density at radius 1 is 1.45 bits per heavy atom. The van der Waals surface area contributed by atoms with Gasteiger partial charge in [0, 0.05) is 19.8 Å². The van der Waals surface area contributed by atoms with Gasteiger partial charge in [-0.15, -0.1) is 0 Å². The molecule has 0 radical (unpaired) electrons. The molecule has 0 amide bonds. The van der Waals surface area contributed by atoms with E-state index in [9.17, 15) is 8.42 Å². The first-order valence-electron chi connectivity index (χ1n) is 6.63. The van der Waals surface area contributed by atoms with Gasteiger partial charge in [0.25, 0.3) is 0 Å². The van der Waals surface area contributed by atoms with Gasteiger partial charge in [0.2, 0.25) is 0 Å². The van der Waals surface area contributed by atoms with E-state index < -0.39 is 14.6 Å². The number of rotatable bonds is 5. The molecule has 6 nitrogen and oxygen atoms in total. The normalized spacial score (nSPS) is 18.4. The molecule has 0 bridgehead atoms. The van der Waals surface area contributed by atoms with Gasteiger partial charge in [-0.1, -0.05) is 6.42 Å². The van der Waals surface area contributed by atoms with Crippen molar-refractivity contribution in [3.63, 3.8) is 0 Å². The van der Waals surface area contributed by atoms with E-state index in [4.69, 9.17) is 4.42 Å². The Kier molecular flexibility index (Phi) is 4.37. The summed E-state index contributed by atoms with van der Waals surface area (Å²) in [6.07, 6.45) is 5.32. The van der Waals surface area contributed by atoms with Crippen molar-refractivity contribution >= 4 is 15.8 Å². The van der Waals surface area contributed by atoms with Crippen LogP contribution in [0.15, 0.2) is 27.8 Å². The first-order valence-corrected chi connectivity index (χ1v) is 8.52. The lowest BCUT2D eigenvalue weighted by molar-refractivity contribution is 0.336. The van der Waals surface area contributed by atoms with Gasteiger partial charge in [-0.05, 0) is 25.0 Å². The highest BCUT2D eigenvalue weighted by Gasteiger charge is 2.46. The van der Waals surface area contributed by atoms with Crippen LogP contribution in [0.25, 0.3) is 0 Å². The van der Waals surface area contributed by atoms with Crippen molar-refractivity contribution < 1.29 is 12.8 Å². The Hall–Kier alpha value is -1.50. The molecule has 2 N–H and O–H groups in total. The lowest BCUT2D eigenvalue weighted by Crippen LogP contribution is -2.54. The topological polar surface area (TPSA) is 83.7 Å². The fraction of sp³-hybridized carbons (Fsp3) is 0.615. The number of guanidine groups is 1. The summed E-state index contributed by atoms with van der Waals surface area (Å²) >= 11 is 0. The summed E-state index contributed by atoms with van der Waals surface area (Å²) in [6.45, 7) is 0.905. The van der Waals surface area contributed by atoms with Gasteiger partial charge in [-0.25, -0.2) is 8.42 Å². The van der Waals surface area contributed by atoms with Crippen molar-refractivity contribution in [2.75, 3.05) is 19.8 Å². The van der Waals surface area contributed by atoms with Crippen LogP contribution in [0, 0.1) is 0 Å². The maximum Gasteiger partial charge on any atom is 0.191 e. The maximum absolute atomic E-state index is 11.9. The molecule has 20 heavy (non-hydrogen) atoms. The van der Waals surface area contributed by atoms with Crippen LogP contribution in [0.3, 0.4) is 0 Å². The number of nitrogens with one attached hydrogen (secondary N) is 2. The highest BCUT2D eigenvalue weighted by Crippen LogP contribution is 2.38. The van der Waals surface area contributed by atoms with Gasteiger partial charge in [0.1, 0.15) is 5.76 Å². The molecule has 0 aromatic carbocycles. The minimum absolute atomic E-state index is 0.393. The average Bonchev–Trinajstić information content (AvgIpc) is 2.82. The number of hydrogen-bond acceptors (Lipinski definition) is 4. The van der Waals surface area contributed by atoms with Gasteiger partial charge < -0.3 is 15.1 Å². The first kappa shape index (κ1) is 14.9. The number of furan rings is 1. The minimum Gasteiger partial charge on any atom is -0.467 e. The molecule has 1 fully saturated rings. The predicted molar refractivity (Wildman–Crippen MR) is 78.3 cm³/mol. The summed E-state index contributed by atoms with van der Waals surface area (Å²) in [4.78, 5) is 4.09. The van der Waals surface area contributed by atoms with E-state index in [1.807, 2.05) is 12.1 Å². The highest BCUT2D eigenvalue weighted by molar-refractivity contribution is 7.92. The third-order valence-electron chi connectivity index (χ3n) is 3.86. The van der Waals surface area contributed by atoms with E-state index in [1.54, 1.807) is 13.3 Å². The van der Waals surface area contributed by atoms with Crippen LogP contribution >= 0.6 is 0 Å². The molecule has 1 saturated carbocycles. The zero-order valence-corrected chi connectivity index (χ0v) is 12.7. The Balaban J connectivity index is 1.88. The Bertz CT molecular complexity index is 560. The number of nitrogens with zero attached hydrogens (tertiary/aromatic N) is 1. The van der Waals surface area contributed by atoms with Gasteiger partial charge in [-0.3, -0.25) is 4.99 Å². The fourth-order valence-electron chi connectivity index (χ4n) is 2.30. The second kappa shape index (κ2) is 5.87. The third-order valence-corrected chi connectivity index (χ3v) is 5.99. The SMILES string of the molecule is CN=C(NCc1ccco1)NCC1(S(C)(=O)=O)CCC1. The van der Waals surface area contributed by atoms with Gasteiger partial charge in [0.15, 0.2) is 15.8 Å². The maximum atomic E-state index is 11.9. The average molecular weight is 299 g/mol. The summed E-state index contributed by atoms with van der Waals surface area (Å²) in [5.74, 6) is 1.38. The molecule has 7 heteroatoms. The van der Waals surface area contributed by atoms with E-state index in [1.165, 1.54) is 6.26 Å². The van der Waals surface area contributed by atoms with E-state index in [0.29, 0.717) is 31.9 Å². The minimum atomic E-state index is -3.05. The number of sulfone groups is 1. The van der Waals surface area contributed by atoms with Gasteiger partial charge in [-0.2, -0.15) is 0 Å². The lowest BCUT2D eigenvalue weighted by atomic mass is 9.84. The molecule has 2 rings (SSSR count). The molecule has 1 aromatic heterocycles. The molecule has 0 aliphatic heterocycles. The van der Waals surface area contributed by atoms with Crippen molar-refractivity contribution in [1.82, 2.24) is 10.6 Å². The monoisotopic (exact) mass is 299 g/mol. The van der Waals surface area contributed by atoms with Crippen molar-refractivity contribution in [1.29, 1.82) is 0 Å². The highest BCUT2D eigenvalue weighted by atomic mass is 32.2. The smallest absolute Gasteiger partial charge is 0.191 e. The van der Waals surface area contributed by atoms with Crippen molar-refractivity contribution in [2.24, 2.45) is 4.99 Å². The number of aliphatic imine (C=N–C) groups is 1. The van der Waals surface area contributed by atoms with Crippen LogP contribution in [0.2, 0.25) is 0 Å². The second-order valence-corrected chi connectivity index (χ2v) is 7.58. The number of hydrogen-bond donors (Lipinski definition) is 2. The van der Waals surface area contributed by atoms with Gasteiger partial charge >= 0.3 is 0 Å². The third kappa shape index (κ3) is 3.15. The van der Waals surface area contributed by atoms with Crippen LogP contribution in [-0.4, -0.2) is 39.0 Å². The molecule has 0 spiro atoms. The Morgan fingerprint density at radius 2 is 2.20 bits per heavy atom. The van der Waals surface area contributed by atoms with Crippen LogP contribution < -0.4 is 10.6 Å². The van der Waals surface area contributed by atoms with E-state index in [2.05, 4.69) is 15.6 Å². The molecule has 1 aliphatic carbocycles. The Labute approximate surface area is 119 Å².